The van der Waals surface area contributed by atoms with E-state index in [4.69, 9.17) is 4.74 Å². The standard InChI is InChI=1S/C17H21NO3/c1-3-12-18-14(7-11-17(19)20)6-10-16(18)13-4-8-15(21-2)9-5-13/h4-6,8-10H,3,7,11-12H2,1-2H3,(H,19,20)/p-1. The second-order valence-electron chi connectivity index (χ2n) is 4.96. The summed E-state index contributed by atoms with van der Waals surface area (Å²) in [6.45, 7) is 2.98. The molecule has 0 amide bonds. The van der Waals surface area contributed by atoms with Crippen LogP contribution in [0.4, 0.5) is 0 Å². The normalized spacial score (nSPS) is 10.6. The second kappa shape index (κ2) is 6.97. The summed E-state index contributed by atoms with van der Waals surface area (Å²) in [6.07, 6.45) is 1.55. The van der Waals surface area contributed by atoms with E-state index in [0.717, 1.165) is 35.7 Å². The molecule has 0 saturated heterocycles. The first-order chi connectivity index (χ1) is 10.2. The SMILES string of the molecule is CCCn1c(CCC(=O)[O-])ccc1-c1ccc(OC)cc1. The van der Waals surface area contributed by atoms with Crippen LogP contribution in [0, 0.1) is 0 Å². The average molecular weight is 286 g/mol. The third-order valence-electron chi connectivity index (χ3n) is 3.49. The second-order valence-corrected chi connectivity index (χ2v) is 4.96. The molecule has 2 aromatic rings. The van der Waals surface area contributed by atoms with Gasteiger partial charge in [0, 0.05) is 23.9 Å². The van der Waals surface area contributed by atoms with Crippen molar-refractivity contribution in [2.24, 2.45) is 0 Å². The molecule has 0 radical (unpaired) electrons. The van der Waals surface area contributed by atoms with Crippen LogP contribution in [0.3, 0.4) is 0 Å². The van der Waals surface area contributed by atoms with E-state index in [2.05, 4.69) is 11.5 Å². The summed E-state index contributed by atoms with van der Waals surface area (Å²) < 4.78 is 7.36. The Balaban J connectivity index is 2.31. The van der Waals surface area contributed by atoms with Gasteiger partial charge in [-0.1, -0.05) is 6.92 Å². The van der Waals surface area contributed by atoms with E-state index in [1.54, 1.807) is 7.11 Å². The van der Waals surface area contributed by atoms with E-state index in [9.17, 15) is 9.90 Å². The number of carbonyl (C=O) groups is 1. The minimum atomic E-state index is -1.01. The van der Waals surface area contributed by atoms with Crippen molar-refractivity contribution in [3.63, 3.8) is 0 Å². The van der Waals surface area contributed by atoms with Crippen molar-refractivity contribution < 1.29 is 14.6 Å². The molecule has 2 rings (SSSR count). The number of methoxy groups -OCH3 is 1. The maximum atomic E-state index is 10.7. The predicted octanol–water partition coefficient (Wildman–Crippen LogP) is 2.26. The van der Waals surface area contributed by atoms with E-state index in [1.165, 1.54) is 0 Å². The molecule has 0 aliphatic heterocycles. The number of aliphatic carboxylic acids is 1. The fourth-order valence-electron chi connectivity index (χ4n) is 2.46. The minimum absolute atomic E-state index is 0.0514. The molecule has 0 unspecified atom stereocenters. The molecule has 0 spiro atoms. The van der Waals surface area contributed by atoms with Crippen molar-refractivity contribution in [1.82, 2.24) is 4.57 Å². The molecule has 0 aliphatic carbocycles. The van der Waals surface area contributed by atoms with Crippen LogP contribution >= 0.6 is 0 Å². The van der Waals surface area contributed by atoms with E-state index in [1.807, 2.05) is 36.4 Å². The van der Waals surface area contributed by atoms with Crippen LogP contribution in [0.2, 0.25) is 0 Å². The highest BCUT2D eigenvalue weighted by atomic mass is 16.5. The van der Waals surface area contributed by atoms with Crippen LogP contribution in [-0.4, -0.2) is 17.6 Å². The number of ether oxygens (including phenoxy) is 1. The summed E-state index contributed by atoms with van der Waals surface area (Å²) in [4.78, 5) is 10.7. The minimum Gasteiger partial charge on any atom is -0.550 e. The Morgan fingerprint density at radius 3 is 2.48 bits per heavy atom. The molecule has 112 valence electrons. The summed E-state index contributed by atoms with van der Waals surface area (Å²) in [5, 5.41) is 10.7. The molecule has 1 aromatic heterocycles. The molecule has 0 aliphatic rings. The third kappa shape index (κ3) is 3.66. The summed E-state index contributed by atoms with van der Waals surface area (Å²) in [6, 6.07) is 11.9. The van der Waals surface area contributed by atoms with Gasteiger partial charge in [0.25, 0.3) is 0 Å². The first kappa shape index (κ1) is 15.2. The van der Waals surface area contributed by atoms with Crippen molar-refractivity contribution in [3.05, 3.63) is 42.1 Å². The van der Waals surface area contributed by atoms with Gasteiger partial charge in [0.1, 0.15) is 5.75 Å². The van der Waals surface area contributed by atoms with Crippen molar-refractivity contribution in [2.45, 2.75) is 32.7 Å². The first-order valence-corrected chi connectivity index (χ1v) is 7.18. The monoisotopic (exact) mass is 286 g/mol. The Morgan fingerprint density at radius 2 is 1.90 bits per heavy atom. The van der Waals surface area contributed by atoms with Crippen molar-refractivity contribution in [2.75, 3.05) is 7.11 Å². The van der Waals surface area contributed by atoms with Crippen LogP contribution in [0.5, 0.6) is 5.75 Å². The molecule has 0 N–H and O–H groups in total. The van der Waals surface area contributed by atoms with E-state index >= 15 is 0 Å². The zero-order chi connectivity index (χ0) is 15.2. The smallest absolute Gasteiger partial charge is 0.118 e. The van der Waals surface area contributed by atoms with E-state index in [-0.39, 0.29) is 6.42 Å². The Kier molecular flexibility index (Phi) is 5.04. The highest BCUT2D eigenvalue weighted by molar-refractivity contribution is 5.65. The molecular weight excluding hydrogens is 266 g/mol. The van der Waals surface area contributed by atoms with Gasteiger partial charge in [-0.2, -0.15) is 0 Å². The molecule has 0 atom stereocenters. The van der Waals surface area contributed by atoms with Crippen LogP contribution in [0.1, 0.15) is 25.5 Å². The first-order valence-electron chi connectivity index (χ1n) is 7.18. The number of carboxylic acids is 1. The highest BCUT2D eigenvalue weighted by Gasteiger charge is 2.09. The summed E-state index contributed by atoms with van der Waals surface area (Å²) in [5.74, 6) is -0.185. The van der Waals surface area contributed by atoms with Gasteiger partial charge in [-0.05, 0) is 61.2 Å². The van der Waals surface area contributed by atoms with Crippen molar-refractivity contribution in [3.8, 4) is 17.0 Å². The molecule has 0 saturated carbocycles. The fourth-order valence-corrected chi connectivity index (χ4v) is 2.46. The van der Waals surface area contributed by atoms with Crippen LogP contribution < -0.4 is 9.84 Å². The summed E-state index contributed by atoms with van der Waals surface area (Å²) in [5.41, 5.74) is 3.24. The Hall–Kier alpha value is -2.23. The van der Waals surface area contributed by atoms with Gasteiger partial charge >= 0.3 is 0 Å². The lowest BCUT2D eigenvalue weighted by Crippen LogP contribution is -2.22. The lowest BCUT2D eigenvalue weighted by molar-refractivity contribution is -0.305. The molecular formula is C17H20NO3-. The molecule has 1 heterocycles. The van der Waals surface area contributed by atoms with Gasteiger partial charge in [0.05, 0.1) is 7.11 Å². The lowest BCUT2D eigenvalue weighted by Gasteiger charge is -2.13. The van der Waals surface area contributed by atoms with Gasteiger partial charge in [-0.15, -0.1) is 0 Å². The van der Waals surface area contributed by atoms with Gasteiger partial charge in [0.15, 0.2) is 0 Å². The number of carboxylic acid groups (broad SMARTS) is 1. The molecule has 0 fully saturated rings. The van der Waals surface area contributed by atoms with Crippen molar-refractivity contribution >= 4 is 5.97 Å². The van der Waals surface area contributed by atoms with E-state index in [0.29, 0.717) is 6.42 Å². The Morgan fingerprint density at radius 1 is 1.19 bits per heavy atom. The quantitative estimate of drug-likeness (QED) is 0.784. The molecule has 0 bridgehead atoms. The predicted molar refractivity (Wildman–Crippen MR) is 80.0 cm³/mol. The van der Waals surface area contributed by atoms with Gasteiger partial charge < -0.3 is 19.2 Å². The highest BCUT2D eigenvalue weighted by Crippen LogP contribution is 2.26. The van der Waals surface area contributed by atoms with Crippen LogP contribution in [0.25, 0.3) is 11.3 Å². The zero-order valence-corrected chi connectivity index (χ0v) is 12.5. The number of rotatable bonds is 7. The molecule has 4 nitrogen and oxygen atoms in total. The topological polar surface area (TPSA) is 54.3 Å². The Bertz CT molecular complexity index is 599. The van der Waals surface area contributed by atoms with Crippen LogP contribution in [-0.2, 0) is 17.8 Å². The molecule has 1 aromatic carbocycles. The van der Waals surface area contributed by atoms with E-state index < -0.39 is 5.97 Å². The number of benzene rings is 1. The lowest BCUT2D eigenvalue weighted by atomic mass is 10.1. The van der Waals surface area contributed by atoms with Crippen LogP contribution in [0.15, 0.2) is 36.4 Å². The summed E-state index contributed by atoms with van der Waals surface area (Å²) in [7, 11) is 1.65. The van der Waals surface area contributed by atoms with Gasteiger partial charge in [-0.25, -0.2) is 0 Å². The molecule has 21 heavy (non-hydrogen) atoms. The number of hydrogen-bond donors (Lipinski definition) is 0. The maximum absolute atomic E-state index is 10.7. The fraction of sp³-hybridized carbons (Fsp3) is 0.353. The number of aromatic nitrogens is 1. The van der Waals surface area contributed by atoms with Gasteiger partial charge in [-0.3, -0.25) is 0 Å². The number of nitrogens with zero attached hydrogens (tertiary/aromatic N) is 1. The number of aryl methyl sites for hydroxylation is 1. The average Bonchev–Trinajstić information content (AvgIpc) is 2.88. The number of hydrogen-bond acceptors (Lipinski definition) is 3. The maximum Gasteiger partial charge on any atom is 0.118 e. The Labute approximate surface area is 125 Å². The largest absolute Gasteiger partial charge is 0.550 e. The zero-order valence-electron chi connectivity index (χ0n) is 12.5. The summed E-state index contributed by atoms with van der Waals surface area (Å²) >= 11 is 0. The number of carbonyl (C=O) groups excluding carboxylic acids is 1. The van der Waals surface area contributed by atoms with Gasteiger partial charge in [0.2, 0.25) is 0 Å². The van der Waals surface area contributed by atoms with Crippen molar-refractivity contribution in [1.29, 1.82) is 0 Å². The third-order valence-corrected chi connectivity index (χ3v) is 3.49. The molecule has 4 heteroatoms.